The monoisotopic (exact) mass is 254 g/mol. The smallest absolute Gasteiger partial charge is 0.404 e. The van der Waals surface area contributed by atoms with Gasteiger partial charge in [-0.25, -0.2) is 9.18 Å². The van der Waals surface area contributed by atoms with Crippen LogP contribution in [0, 0.1) is 0 Å². The molecule has 1 aromatic rings. The number of hydrogen-bond acceptors (Lipinski definition) is 4. The number of pyridine rings is 1. The van der Waals surface area contributed by atoms with Crippen LogP contribution in [0.3, 0.4) is 0 Å². The Morgan fingerprint density at radius 1 is 1.61 bits per heavy atom. The van der Waals surface area contributed by atoms with Crippen LogP contribution >= 0.6 is 0 Å². The average Bonchev–Trinajstić information content (AvgIpc) is 2.27. The molecule has 1 fully saturated rings. The number of nitrogens with zero attached hydrogens (tertiary/aromatic N) is 2. The standard InChI is InChI=1S/C11H15FN4O2/c12-7-3-8(15-11(17)18)6-16(5-7)10-1-2-14-4-9(10)13/h1-2,4,7-8,15H,3,5-6,13H2,(H,17,18)/t7?,8-/m0/s1. The minimum Gasteiger partial charge on any atom is -0.465 e. The third kappa shape index (κ3) is 2.79. The van der Waals surface area contributed by atoms with Crippen molar-refractivity contribution in [3.05, 3.63) is 18.5 Å². The van der Waals surface area contributed by atoms with Crippen molar-refractivity contribution in [3.63, 3.8) is 0 Å². The van der Waals surface area contributed by atoms with E-state index in [1.54, 1.807) is 17.2 Å². The van der Waals surface area contributed by atoms with Crippen molar-refractivity contribution in [2.75, 3.05) is 23.7 Å². The lowest BCUT2D eigenvalue weighted by Gasteiger charge is -2.36. The van der Waals surface area contributed by atoms with Crippen LogP contribution in [0.1, 0.15) is 6.42 Å². The third-order valence-corrected chi connectivity index (χ3v) is 2.90. The number of nitrogens with two attached hydrogens (primary N) is 1. The summed E-state index contributed by atoms with van der Waals surface area (Å²) in [5.74, 6) is 0. The summed E-state index contributed by atoms with van der Waals surface area (Å²) < 4.78 is 13.6. The third-order valence-electron chi connectivity index (χ3n) is 2.90. The maximum atomic E-state index is 13.6. The van der Waals surface area contributed by atoms with Crippen molar-refractivity contribution in [2.24, 2.45) is 0 Å². The van der Waals surface area contributed by atoms with Gasteiger partial charge in [0.2, 0.25) is 0 Å². The SMILES string of the molecule is Nc1cnccc1N1CC(F)C[C@H](NC(=O)O)C1. The van der Waals surface area contributed by atoms with Crippen LogP contribution in [0.5, 0.6) is 0 Å². The number of anilines is 2. The Labute approximate surface area is 104 Å². The summed E-state index contributed by atoms with van der Waals surface area (Å²) >= 11 is 0. The number of amides is 1. The number of piperidine rings is 1. The Bertz CT molecular complexity index is 443. The van der Waals surface area contributed by atoms with Gasteiger partial charge in [0.25, 0.3) is 0 Å². The van der Waals surface area contributed by atoms with Gasteiger partial charge in [-0.2, -0.15) is 0 Å². The molecule has 2 atom stereocenters. The zero-order chi connectivity index (χ0) is 13.1. The van der Waals surface area contributed by atoms with Crippen LogP contribution in [0.2, 0.25) is 0 Å². The van der Waals surface area contributed by atoms with E-state index in [0.717, 1.165) is 0 Å². The van der Waals surface area contributed by atoms with Crippen LogP contribution in [0.4, 0.5) is 20.6 Å². The summed E-state index contributed by atoms with van der Waals surface area (Å²) in [5.41, 5.74) is 6.92. The molecule has 1 amide bonds. The highest BCUT2D eigenvalue weighted by Crippen LogP contribution is 2.26. The Balaban J connectivity index is 2.13. The second-order valence-electron chi connectivity index (χ2n) is 4.32. The first-order chi connectivity index (χ1) is 8.56. The fraction of sp³-hybridized carbons (Fsp3) is 0.455. The quantitative estimate of drug-likeness (QED) is 0.727. The molecule has 1 aliphatic rings. The van der Waals surface area contributed by atoms with Crippen molar-refractivity contribution in [2.45, 2.75) is 18.6 Å². The topological polar surface area (TPSA) is 91.5 Å². The van der Waals surface area contributed by atoms with Crippen LogP contribution in [-0.2, 0) is 0 Å². The van der Waals surface area contributed by atoms with Crippen LogP contribution in [0.15, 0.2) is 18.5 Å². The molecule has 0 radical (unpaired) electrons. The normalized spacial score (nSPS) is 23.7. The summed E-state index contributed by atoms with van der Waals surface area (Å²) in [6, 6.07) is 1.27. The number of nitrogen functional groups attached to an aromatic ring is 1. The van der Waals surface area contributed by atoms with E-state index in [1.807, 2.05) is 0 Å². The number of carbonyl (C=O) groups is 1. The summed E-state index contributed by atoms with van der Waals surface area (Å²) in [6.07, 6.45) is 1.04. The first-order valence-electron chi connectivity index (χ1n) is 5.64. The van der Waals surface area contributed by atoms with Gasteiger partial charge in [0, 0.05) is 25.7 Å². The number of carboxylic acid groups (broad SMARTS) is 1. The lowest BCUT2D eigenvalue weighted by atomic mass is 10.0. The van der Waals surface area contributed by atoms with Gasteiger partial charge in [0.15, 0.2) is 0 Å². The van der Waals surface area contributed by atoms with Crippen LogP contribution < -0.4 is 16.0 Å². The lowest BCUT2D eigenvalue weighted by Crippen LogP contribution is -2.51. The number of nitrogens with one attached hydrogen (secondary N) is 1. The highest BCUT2D eigenvalue weighted by atomic mass is 19.1. The molecular formula is C11H15FN4O2. The van der Waals surface area contributed by atoms with Gasteiger partial charge in [-0.05, 0) is 6.07 Å². The average molecular weight is 254 g/mol. The summed E-state index contributed by atoms with van der Waals surface area (Å²) in [6.45, 7) is 0.618. The van der Waals surface area contributed by atoms with Gasteiger partial charge in [-0.3, -0.25) is 4.98 Å². The lowest BCUT2D eigenvalue weighted by molar-refractivity contribution is 0.181. The predicted octanol–water partition coefficient (Wildman–Crippen LogP) is 0.848. The van der Waals surface area contributed by atoms with Crippen molar-refractivity contribution in [1.82, 2.24) is 10.3 Å². The molecule has 1 unspecified atom stereocenters. The Hall–Kier alpha value is -2.05. The molecule has 2 heterocycles. The molecule has 7 heteroatoms. The number of hydrogen-bond donors (Lipinski definition) is 3. The second kappa shape index (κ2) is 5.07. The molecule has 0 spiro atoms. The first-order valence-corrected chi connectivity index (χ1v) is 5.64. The predicted molar refractivity (Wildman–Crippen MR) is 65.3 cm³/mol. The number of rotatable bonds is 2. The molecule has 1 aliphatic heterocycles. The zero-order valence-corrected chi connectivity index (χ0v) is 9.71. The second-order valence-corrected chi connectivity index (χ2v) is 4.32. The molecule has 2 rings (SSSR count). The highest BCUT2D eigenvalue weighted by molar-refractivity contribution is 5.67. The fourth-order valence-electron chi connectivity index (χ4n) is 2.20. The molecular weight excluding hydrogens is 239 g/mol. The summed E-state index contributed by atoms with van der Waals surface area (Å²) in [4.78, 5) is 16.2. The van der Waals surface area contributed by atoms with E-state index >= 15 is 0 Å². The molecule has 1 aromatic heterocycles. The summed E-state index contributed by atoms with van der Waals surface area (Å²) in [5, 5.41) is 11.0. The van der Waals surface area contributed by atoms with Gasteiger partial charge in [-0.15, -0.1) is 0 Å². The molecule has 18 heavy (non-hydrogen) atoms. The van der Waals surface area contributed by atoms with Crippen molar-refractivity contribution in [3.8, 4) is 0 Å². The van der Waals surface area contributed by atoms with Gasteiger partial charge < -0.3 is 21.1 Å². The molecule has 0 aliphatic carbocycles. The molecule has 1 saturated heterocycles. The minimum atomic E-state index is -1.14. The Morgan fingerprint density at radius 3 is 3.06 bits per heavy atom. The molecule has 0 aromatic carbocycles. The minimum absolute atomic E-state index is 0.188. The van der Waals surface area contributed by atoms with Crippen LogP contribution in [0.25, 0.3) is 0 Å². The van der Waals surface area contributed by atoms with Gasteiger partial charge in [-0.1, -0.05) is 0 Å². The number of aromatic nitrogens is 1. The number of halogens is 1. The Morgan fingerprint density at radius 2 is 2.39 bits per heavy atom. The van der Waals surface area contributed by atoms with Gasteiger partial charge in [0.05, 0.1) is 23.6 Å². The van der Waals surface area contributed by atoms with Crippen molar-refractivity contribution < 1.29 is 14.3 Å². The first kappa shape index (κ1) is 12.4. The van der Waals surface area contributed by atoms with E-state index in [-0.39, 0.29) is 13.0 Å². The number of alkyl halides is 1. The van der Waals surface area contributed by atoms with E-state index in [4.69, 9.17) is 10.8 Å². The molecule has 0 bridgehead atoms. The largest absolute Gasteiger partial charge is 0.465 e. The molecule has 0 saturated carbocycles. The zero-order valence-electron chi connectivity index (χ0n) is 9.71. The fourth-order valence-corrected chi connectivity index (χ4v) is 2.20. The van der Waals surface area contributed by atoms with E-state index in [0.29, 0.717) is 17.9 Å². The van der Waals surface area contributed by atoms with Crippen molar-refractivity contribution in [1.29, 1.82) is 0 Å². The van der Waals surface area contributed by atoms with Gasteiger partial charge in [0.1, 0.15) is 6.17 Å². The molecule has 4 N–H and O–H groups in total. The Kier molecular flexibility index (Phi) is 3.50. The van der Waals surface area contributed by atoms with Gasteiger partial charge >= 0.3 is 6.09 Å². The summed E-state index contributed by atoms with van der Waals surface area (Å²) in [7, 11) is 0. The van der Waals surface area contributed by atoms with Crippen LogP contribution in [-0.4, -0.2) is 41.5 Å². The molecule has 6 nitrogen and oxygen atoms in total. The van der Waals surface area contributed by atoms with E-state index in [2.05, 4.69) is 10.3 Å². The molecule has 98 valence electrons. The van der Waals surface area contributed by atoms with E-state index < -0.39 is 18.3 Å². The highest BCUT2D eigenvalue weighted by Gasteiger charge is 2.29. The van der Waals surface area contributed by atoms with E-state index in [1.165, 1.54) is 6.20 Å². The van der Waals surface area contributed by atoms with Crippen molar-refractivity contribution >= 4 is 17.5 Å². The van der Waals surface area contributed by atoms with E-state index in [9.17, 15) is 9.18 Å². The maximum Gasteiger partial charge on any atom is 0.404 e. The maximum absolute atomic E-state index is 13.6.